The molecular weight excluding hydrogens is 354 g/mol. The Morgan fingerprint density at radius 2 is 1.10 bits per heavy atom. The Kier molecular flexibility index (Phi) is 4.14. The Hall–Kier alpha value is -3.85. The highest BCUT2D eigenvalue weighted by Crippen LogP contribution is 2.42. The molecule has 0 saturated heterocycles. The van der Waals surface area contributed by atoms with Crippen molar-refractivity contribution in [2.45, 2.75) is 5.54 Å². The standard InChI is InChI=1S/C26H21N3/c27-24-17-16-20-19-28-29(25(20)18-24)26(21-10-4-1-5-11-21,22-12-6-2-7-13-22)23-14-8-3-9-15-23/h1-19H,27H2. The molecule has 0 aliphatic heterocycles. The number of benzene rings is 4. The molecule has 0 bridgehead atoms. The lowest BCUT2D eigenvalue weighted by molar-refractivity contribution is 0.476. The van der Waals surface area contributed by atoms with Crippen LogP contribution in [0.25, 0.3) is 10.9 Å². The summed E-state index contributed by atoms with van der Waals surface area (Å²) in [5.41, 5.74) is 10.7. The summed E-state index contributed by atoms with van der Waals surface area (Å²) >= 11 is 0. The Morgan fingerprint density at radius 1 is 0.621 bits per heavy atom. The summed E-state index contributed by atoms with van der Waals surface area (Å²) < 4.78 is 2.11. The first-order valence-corrected chi connectivity index (χ1v) is 9.70. The Bertz CT molecular complexity index is 1150. The maximum atomic E-state index is 6.17. The molecule has 29 heavy (non-hydrogen) atoms. The van der Waals surface area contributed by atoms with E-state index in [0.29, 0.717) is 0 Å². The first-order chi connectivity index (χ1) is 14.3. The molecule has 0 spiro atoms. The normalized spacial score (nSPS) is 11.6. The number of aromatic nitrogens is 2. The number of rotatable bonds is 4. The summed E-state index contributed by atoms with van der Waals surface area (Å²) in [5.74, 6) is 0. The summed E-state index contributed by atoms with van der Waals surface area (Å²) in [6.45, 7) is 0. The van der Waals surface area contributed by atoms with Crippen LogP contribution in [0.2, 0.25) is 0 Å². The molecule has 3 heteroatoms. The van der Waals surface area contributed by atoms with Crippen LogP contribution in [0.3, 0.4) is 0 Å². The highest BCUT2D eigenvalue weighted by atomic mass is 15.3. The Labute approximate surface area is 170 Å². The third-order valence-electron chi connectivity index (χ3n) is 5.49. The minimum absolute atomic E-state index is 0.626. The van der Waals surface area contributed by atoms with Gasteiger partial charge < -0.3 is 5.73 Å². The second-order valence-electron chi connectivity index (χ2n) is 7.18. The van der Waals surface area contributed by atoms with Gasteiger partial charge in [-0.3, -0.25) is 0 Å². The molecule has 4 aromatic carbocycles. The van der Waals surface area contributed by atoms with Gasteiger partial charge in [0.2, 0.25) is 0 Å². The van der Waals surface area contributed by atoms with Crippen LogP contribution in [0.4, 0.5) is 5.69 Å². The van der Waals surface area contributed by atoms with Gasteiger partial charge in [-0.15, -0.1) is 0 Å². The van der Waals surface area contributed by atoms with Crippen LogP contribution < -0.4 is 5.73 Å². The summed E-state index contributed by atoms with van der Waals surface area (Å²) in [5, 5.41) is 5.96. The van der Waals surface area contributed by atoms with Crippen molar-refractivity contribution < 1.29 is 0 Å². The molecule has 0 fully saturated rings. The van der Waals surface area contributed by atoms with Crippen LogP contribution >= 0.6 is 0 Å². The number of nitrogen functional groups attached to an aromatic ring is 1. The molecule has 140 valence electrons. The fourth-order valence-corrected chi connectivity index (χ4v) is 4.21. The monoisotopic (exact) mass is 375 g/mol. The zero-order valence-corrected chi connectivity index (χ0v) is 15.9. The summed E-state index contributed by atoms with van der Waals surface area (Å²) in [4.78, 5) is 0. The second-order valence-corrected chi connectivity index (χ2v) is 7.18. The predicted molar refractivity (Wildman–Crippen MR) is 119 cm³/mol. The zero-order valence-electron chi connectivity index (χ0n) is 15.9. The summed E-state index contributed by atoms with van der Waals surface area (Å²) in [6, 6.07) is 37.6. The molecule has 0 aliphatic carbocycles. The van der Waals surface area contributed by atoms with Crippen LogP contribution in [0.1, 0.15) is 16.7 Å². The lowest BCUT2D eigenvalue weighted by Crippen LogP contribution is -2.38. The zero-order chi connectivity index (χ0) is 19.7. The van der Waals surface area contributed by atoms with E-state index in [1.165, 1.54) is 0 Å². The molecule has 3 nitrogen and oxygen atoms in total. The fourth-order valence-electron chi connectivity index (χ4n) is 4.21. The minimum atomic E-state index is -0.626. The van der Waals surface area contributed by atoms with E-state index >= 15 is 0 Å². The molecule has 0 saturated carbocycles. The highest BCUT2D eigenvalue weighted by Gasteiger charge is 2.40. The van der Waals surface area contributed by atoms with Gasteiger partial charge >= 0.3 is 0 Å². The third kappa shape index (κ3) is 2.71. The van der Waals surface area contributed by atoms with Gasteiger partial charge in [0.25, 0.3) is 0 Å². The molecule has 5 aromatic rings. The van der Waals surface area contributed by atoms with Gasteiger partial charge in [-0.05, 0) is 34.9 Å². The number of fused-ring (bicyclic) bond motifs is 1. The summed E-state index contributed by atoms with van der Waals surface area (Å²) in [7, 11) is 0. The van der Waals surface area contributed by atoms with E-state index < -0.39 is 5.54 Å². The maximum Gasteiger partial charge on any atom is 0.138 e. The molecule has 2 N–H and O–H groups in total. The number of hydrogen-bond donors (Lipinski definition) is 1. The smallest absolute Gasteiger partial charge is 0.138 e. The first kappa shape index (κ1) is 17.3. The molecule has 1 heterocycles. The van der Waals surface area contributed by atoms with Gasteiger partial charge in [-0.1, -0.05) is 91.0 Å². The van der Waals surface area contributed by atoms with Gasteiger partial charge in [0.15, 0.2) is 0 Å². The van der Waals surface area contributed by atoms with E-state index in [1.807, 2.05) is 42.6 Å². The van der Waals surface area contributed by atoms with E-state index in [0.717, 1.165) is 33.3 Å². The molecule has 0 atom stereocenters. The van der Waals surface area contributed by atoms with Crippen molar-refractivity contribution >= 4 is 16.6 Å². The van der Waals surface area contributed by atoms with Crippen LogP contribution in [-0.4, -0.2) is 9.78 Å². The maximum absolute atomic E-state index is 6.17. The second kappa shape index (κ2) is 6.95. The van der Waals surface area contributed by atoms with Crippen molar-refractivity contribution in [2.75, 3.05) is 5.73 Å². The lowest BCUT2D eigenvalue weighted by atomic mass is 9.77. The largest absolute Gasteiger partial charge is 0.399 e. The average molecular weight is 375 g/mol. The molecular formula is C26H21N3. The Balaban J connectivity index is 1.97. The number of hydrogen-bond acceptors (Lipinski definition) is 2. The van der Waals surface area contributed by atoms with E-state index in [4.69, 9.17) is 10.8 Å². The number of nitrogens with two attached hydrogens (primary N) is 1. The van der Waals surface area contributed by atoms with Crippen molar-refractivity contribution in [1.82, 2.24) is 9.78 Å². The van der Waals surface area contributed by atoms with Crippen molar-refractivity contribution in [3.8, 4) is 0 Å². The topological polar surface area (TPSA) is 43.8 Å². The molecule has 1 aromatic heterocycles. The van der Waals surface area contributed by atoms with E-state index in [-0.39, 0.29) is 0 Å². The lowest BCUT2D eigenvalue weighted by Gasteiger charge is -2.37. The van der Waals surface area contributed by atoms with Gasteiger partial charge in [0, 0.05) is 11.1 Å². The van der Waals surface area contributed by atoms with E-state index in [1.54, 1.807) is 0 Å². The Morgan fingerprint density at radius 3 is 1.59 bits per heavy atom. The molecule has 0 aliphatic rings. The van der Waals surface area contributed by atoms with Crippen molar-refractivity contribution in [1.29, 1.82) is 0 Å². The SMILES string of the molecule is Nc1ccc2cnn(C(c3ccccc3)(c3ccccc3)c3ccccc3)c2c1. The number of nitrogens with zero attached hydrogens (tertiary/aromatic N) is 2. The highest BCUT2D eigenvalue weighted by molar-refractivity contribution is 5.83. The molecule has 0 amide bonds. The molecule has 0 radical (unpaired) electrons. The average Bonchev–Trinajstić information content (AvgIpc) is 3.20. The van der Waals surface area contributed by atoms with Crippen molar-refractivity contribution in [2.24, 2.45) is 0 Å². The van der Waals surface area contributed by atoms with E-state index in [9.17, 15) is 0 Å². The van der Waals surface area contributed by atoms with Crippen LogP contribution in [0, 0.1) is 0 Å². The predicted octanol–water partition coefficient (Wildman–Crippen LogP) is 5.46. The van der Waals surface area contributed by atoms with Gasteiger partial charge in [0.05, 0.1) is 11.7 Å². The van der Waals surface area contributed by atoms with Crippen LogP contribution in [-0.2, 0) is 5.54 Å². The van der Waals surface area contributed by atoms with E-state index in [2.05, 4.69) is 77.5 Å². The van der Waals surface area contributed by atoms with Crippen molar-refractivity contribution in [3.05, 3.63) is 132 Å². The summed E-state index contributed by atoms with van der Waals surface area (Å²) in [6.07, 6.45) is 1.92. The third-order valence-corrected chi connectivity index (χ3v) is 5.49. The number of anilines is 1. The van der Waals surface area contributed by atoms with Crippen LogP contribution in [0.15, 0.2) is 115 Å². The minimum Gasteiger partial charge on any atom is -0.399 e. The van der Waals surface area contributed by atoms with Crippen molar-refractivity contribution in [3.63, 3.8) is 0 Å². The van der Waals surface area contributed by atoms with Gasteiger partial charge in [-0.25, -0.2) is 4.68 Å². The van der Waals surface area contributed by atoms with Gasteiger partial charge in [0.1, 0.15) is 5.54 Å². The first-order valence-electron chi connectivity index (χ1n) is 9.70. The molecule has 5 rings (SSSR count). The van der Waals surface area contributed by atoms with Gasteiger partial charge in [-0.2, -0.15) is 5.10 Å². The fraction of sp³-hybridized carbons (Fsp3) is 0.0385. The quantitative estimate of drug-likeness (QED) is 0.335. The van der Waals surface area contributed by atoms with Crippen LogP contribution in [0.5, 0.6) is 0 Å². The molecule has 0 unspecified atom stereocenters.